The highest BCUT2D eigenvalue weighted by molar-refractivity contribution is 7.93. The summed E-state index contributed by atoms with van der Waals surface area (Å²) in [6, 6.07) is 8.20. The van der Waals surface area contributed by atoms with Gasteiger partial charge in [-0.15, -0.1) is 0 Å². The zero-order valence-electron chi connectivity index (χ0n) is 15.4. The fourth-order valence-corrected chi connectivity index (χ4v) is 2.36. The molecule has 0 saturated heterocycles. The fraction of sp³-hybridized carbons (Fsp3) is 0.444. The third-order valence-corrected chi connectivity index (χ3v) is 3.53. The van der Waals surface area contributed by atoms with Crippen molar-refractivity contribution in [1.29, 1.82) is 0 Å². The average molecular weight is 383 g/mol. The van der Waals surface area contributed by atoms with Crippen molar-refractivity contribution in [3.8, 4) is 0 Å². The summed E-state index contributed by atoms with van der Waals surface area (Å²) in [6.07, 6.45) is 1.26. The molecule has 0 fully saturated rings. The predicted molar refractivity (Wildman–Crippen MR) is 98.0 cm³/mol. The smallest absolute Gasteiger partial charge is 0.407 e. The summed E-state index contributed by atoms with van der Waals surface area (Å²) in [5.74, 6) is -0.566. The number of hydrogen-bond acceptors (Lipinski definition) is 6. The molecule has 26 heavy (non-hydrogen) atoms. The van der Waals surface area contributed by atoms with Gasteiger partial charge in [-0.2, -0.15) is 0 Å². The summed E-state index contributed by atoms with van der Waals surface area (Å²) in [6.45, 7) is 5.21. The van der Waals surface area contributed by atoms with Gasteiger partial charge in [-0.25, -0.2) is 13.2 Å². The van der Waals surface area contributed by atoms with Gasteiger partial charge in [0.15, 0.2) is 9.84 Å². The third kappa shape index (κ3) is 10.5. The van der Waals surface area contributed by atoms with Crippen LogP contribution in [0, 0.1) is 0 Å². The van der Waals surface area contributed by atoms with Gasteiger partial charge in [-0.1, -0.05) is 36.4 Å². The van der Waals surface area contributed by atoms with Gasteiger partial charge >= 0.3 is 12.1 Å². The highest BCUT2D eigenvalue weighted by Gasteiger charge is 2.21. The third-order valence-electron chi connectivity index (χ3n) is 2.88. The number of carbonyl (C=O) groups is 2. The number of rotatable bonds is 7. The highest BCUT2D eigenvalue weighted by Crippen LogP contribution is 2.10. The standard InChI is InChI=1S/C18H25NO6S/c1-18(2,3)25-16(20)12-15(10-11-26(4,22)23)19-17(21)24-13-14-8-6-5-7-9-14/h5-11,15H,12-13H2,1-4H3,(H,19,21)/b11-10+/t15-/m1/s1. The normalized spacial score (nSPS) is 13.2. The Morgan fingerprint density at radius 1 is 1.19 bits per heavy atom. The summed E-state index contributed by atoms with van der Waals surface area (Å²) in [7, 11) is -3.41. The number of carbonyl (C=O) groups excluding carboxylic acids is 2. The Morgan fingerprint density at radius 2 is 1.81 bits per heavy atom. The second kappa shape index (κ2) is 9.38. The zero-order chi connectivity index (χ0) is 19.8. The highest BCUT2D eigenvalue weighted by atomic mass is 32.2. The average Bonchev–Trinajstić information content (AvgIpc) is 2.49. The summed E-state index contributed by atoms with van der Waals surface area (Å²) in [4.78, 5) is 23.9. The lowest BCUT2D eigenvalue weighted by Crippen LogP contribution is -2.37. The molecular weight excluding hydrogens is 358 g/mol. The first kappa shape index (κ1) is 21.7. The van der Waals surface area contributed by atoms with Crippen LogP contribution >= 0.6 is 0 Å². The fourth-order valence-electron chi connectivity index (χ4n) is 1.88. The Kier molecular flexibility index (Phi) is 7.82. The van der Waals surface area contributed by atoms with Gasteiger partial charge < -0.3 is 14.8 Å². The minimum absolute atomic E-state index is 0.0572. The Morgan fingerprint density at radius 3 is 2.35 bits per heavy atom. The number of hydrogen-bond donors (Lipinski definition) is 1. The number of nitrogens with one attached hydrogen (secondary N) is 1. The van der Waals surface area contributed by atoms with Crippen LogP contribution in [0.25, 0.3) is 0 Å². The van der Waals surface area contributed by atoms with Crippen LogP contribution in [0.5, 0.6) is 0 Å². The first-order chi connectivity index (χ1) is 11.9. The number of sulfone groups is 1. The number of esters is 1. The molecule has 0 aromatic heterocycles. The SMILES string of the molecule is CC(C)(C)OC(=O)C[C@@H](/C=C/S(C)(=O)=O)NC(=O)OCc1ccccc1. The summed E-state index contributed by atoms with van der Waals surface area (Å²) >= 11 is 0. The van der Waals surface area contributed by atoms with Crippen molar-refractivity contribution in [2.24, 2.45) is 0 Å². The van der Waals surface area contributed by atoms with Crippen molar-refractivity contribution in [3.63, 3.8) is 0 Å². The van der Waals surface area contributed by atoms with E-state index < -0.39 is 33.5 Å². The molecule has 0 bridgehead atoms. The van der Waals surface area contributed by atoms with E-state index in [4.69, 9.17) is 9.47 Å². The molecule has 0 saturated carbocycles. The quantitative estimate of drug-likeness (QED) is 0.727. The van der Waals surface area contributed by atoms with Crippen LogP contribution in [-0.4, -0.2) is 38.4 Å². The van der Waals surface area contributed by atoms with Gasteiger partial charge in [0, 0.05) is 11.7 Å². The van der Waals surface area contributed by atoms with Gasteiger partial charge in [-0.05, 0) is 26.3 Å². The van der Waals surface area contributed by atoms with Crippen LogP contribution in [0.15, 0.2) is 41.8 Å². The molecule has 0 heterocycles. The van der Waals surface area contributed by atoms with E-state index in [1.807, 2.05) is 18.2 Å². The molecule has 1 atom stereocenters. The maximum Gasteiger partial charge on any atom is 0.407 e. The van der Waals surface area contributed by atoms with Crippen LogP contribution in [0.2, 0.25) is 0 Å². The van der Waals surface area contributed by atoms with E-state index in [0.717, 1.165) is 17.2 Å². The van der Waals surface area contributed by atoms with Crippen molar-refractivity contribution >= 4 is 21.9 Å². The van der Waals surface area contributed by atoms with E-state index in [0.29, 0.717) is 0 Å². The van der Waals surface area contributed by atoms with E-state index in [-0.39, 0.29) is 13.0 Å². The molecular formula is C18H25NO6S. The number of amides is 1. The van der Waals surface area contributed by atoms with Gasteiger partial charge in [0.25, 0.3) is 0 Å². The Balaban J connectivity index is 2.69. The summed E-state index contributed by atoms with van der Waals surface area (Å²) in [5, 5.41) is 3.39. The lowest BCUT2D eigenvalue weighted by molar-refractivity contribution is -0.155. The van der Waals surface area contributed by atoms with Crippen LogP contribution in [-0.2, 0) is 30.7 Å². The molecule has 1 aromatic carbocycles. The van der Waals surface area contributed by atoms with E-state index >= 15 is 0 Å². The van der Waals surface area contributed by atoms with Gasteiger partial charge in [0.05, 0.1) is 12.5 Å². The molecule has 1 rings (SSSR count). The molecule has 0 aliphatic heterocycles. The molecule has 0 spiro atoms. The zero-order valence-corrected chi connectivity index (χ0v) is 16.2. The van der Waals surface area contributed by atoms with Gasteiger partial charge in [0.1, 0.15) is 12.2 Å². The van der Waals surface area contributed by atoms with Crippen LogP contribution < -0.4 is 5.32 Å². The van der Waals surface area contributed by atoms with E-state index in [2.05, 4.69) is 5.32 Å². The van der Waals surface area contributed by atoms with E-state index in [1.165, 1.54) is 6.08 Å². The number of ether oxygens (including phenoxy) is 2. The lowest BCUT2D eigenvalue weighted by Gasteiger charge is -2.21. The second-order valence-corrected chi connectivity index (χ2v) is 8.69. The van der Waals surface area contributed by atoms with Crippen LogP contribution in [0.4, 0.5) is 4.79 Å². The topological polar surface area (TPSA) is 98.8 Å². The molecule has 0 radical (unpaired) electrons. The predicted octanol–water partition coefficient (Wildman–Crippen LogP) is 2.57. The van der Waals surface area contributed by atoms with Crippen molar-refractivity contribution in [2.75, 3.05) is 6.26 Å². The van der Waals surface area contributed by atoms with Crippen molar-refractivity contribution in [1.82, 2.24) is 5.32 Å². The maximum absolute atomic E-state index is 12.0. The van der Waals surface area contributed by atoms with Crippen LogP contribution in [0.1, 0.15) is 32.8 Å². The molecule has 144 valence electrons. The molecule has 7 nitrogen and oxygen atoms in total. The first-order valence-electron chi connectivity index (χ1n) is 8.02. The Bertz CT molecular complexity index is 735. The van der Waals surface area contributed by atoms with E-state index in [1.54, 1.807) is 32.9 Å². The molecule has 1 N–H and O–H groups in total. The molecule has 0 aliphatic rings. The Hall–Kier alpha value is -2.35. The first-order valence-corrected chi connectivity index (χ1v) is 9.97. The van der Waals surface area contributed by atoms with Crippen molar-refractivity contribution in [2.45, 2.75) is 45.4 Å². The molecule has 0 unspecified atom stereocenters. The molecule has 8 heteroatoms. The van der Waals surface area contributed by atoms with Crippen molar-refractivity contribution in [3.05, 3.63) is 47.4 Å². The molecule has 0 aliphatic carbocycles. The molecule has 1 amide bonds. The second-order valence-electron chi connectivity index (χ2n) is 6.76. The monoisotopic (exact) mass is 383 g/mol. The summed E-state index contributed by atoms with van der Waals surface area (Å²) in [5.41, 5.74) is 0.119. The number of alkyl carbamates (subject to hydrolysis) is 1. The van der Waals surface area contributed by atoms with Crippen LogP contribution in [0.3, 0.4) is 0 Å². The number of benzene rings is 1. The molecule has 1 aromatic rings. The summed E-state index contributed by atoms with van der Waals surface area (Å²) < 4.78 is 32.9. The maximum atomic E-state index is 12.0. The van der Waals surface area contributed by atoms with Crippen molar-refractivity contribution < 1.29 is 27.5 Å². The van der Waals surface area contributed by atoms with Gasteiger partial charge in [-0.3, -0.25) is 4.79 Å². The minimum Gasteiger partial charge on any atom is -0.460 e. The largest absolute Gasteiger partial charge is 0.460 e. The van der Waals surface area contributed by atoms with Gasteiger partial charge in [0.2, 0.25) is 0 Å². The van der Waals surface area contributed by atoms with E-state index in [9.17, 15) is 18.0 Å². The minimum atomic E-state index is -3.41. The Labute approximate surface area is 154 Å². The lowest BCUT2D eigenvalue weighted by atomic mass is 10.1.